The number of hydrogen-bond donors (Lipinski definition) is 0. The predicted molar refractivity (Wildman–Crippen MR) is 146 cm³/mol. The third kappa shape index (κ3) is 5.19. The van der Waals surface area contributed by atoms with E-state index in [9.17, 15) is 4.79 Å². The van der Waals surface area contributed by atoms with Crippen LogP contribution in [0, 0.1) is 13.8 Å². The molecule has 2 aromatic carbocycles. The Hall–Kier alpha value is -5.11. The Bertz CT molecular complexity index is 1660. The second kappa shape index (κ2) is 10.9. The molecule has 0 amide bonds. The van der Waals surface area contributed by atoms with Gasteiger partial charge >= 0.3 is 5.97 Å². The van der Waals surface area contributed by atoms with E-state index in [-0.39, 0.29) is 5.97 Å². The van der Waals surface area contributed by atoms with Gasteiger partial charge < -0.3 is 4.74 Å². The van der Waals surface area contributed by atoms with Gasteiger partial charge in [0.2, 0.25) is 0 Å². The fourth-order valence-electron chi connectivity index (χ4n) is 3.88. The first-order valence-electron chi connectivity index (χ1n) is 11.9. The minimum Gasteiger partial charge on any atom is -0.465 e. The average molecular weight is 501 g/mol. The van der Waals surface area contributed by atoms with Gasteiger partial charge in [-0.1, -0.05) is 12.1 Å². The molecule has 0 bridgehead atoms. The van der Waals surface area contributed by atoms with E-state index in [4.69, 9.17) is 9.97 Å². The first-order valence-corrected chi connectivity index (χ1v) is 11.9. The minimum atomic E-state index is -0.363. The van der Waals surface area contributed by atoms with E-state index in [1.165, 1.54) is 18.2 Å². The maximum atomic E-state index is 11.2. The maximum absolute atomic E-state index is 11.2. The van der Waals surface area contributed by atoms with Crippen LogP contribution in [0.4, 0.5) is 0 Å². The summed E-state index contributed by atoms with van der Waals surface area (Å²) in [6.45, 7) is 4.17. The lowest BCUT2D eigenvalue weighted by Crippen LogP contribution is -2.00. The van der Waals surface area contributed by atoms with Gasteiger partial charge in [-0.2, -0.15) is 0 Å². The van der Waals surface area contributed by atoms with Crippen LogP contribution in [-0.4, -0.2) is 43.0 Å². The van der Waals surface area contributed by atoms with Crippen LogP contribution in [0.3, 0.4) is 0 Å². The number of methoxy groups -OCH3 is 1. The van der Waals surface area contributed by atoms with Crippen LogP contribution >= 0.6 is 0 Å². The van der Waals surface area contributed by atoms with E-state index in [2.05, 4.69) is 50.7 Å². The van der Waals surface area contributed by atoms with Crippen molar-refractivity contribution in [2.75, 3.05) is 7.11 Å². The SMILES string of the molecule is COC(=O)c1ccc2nccnc2c1.Cc1cc2nc(-c3ccccn3)c(-c3ccccn3)nc2cc1C. The lowest BCUT2D eigenvalue weighted by molar-refractivity contribution is 0.0601. The van der Waals surface area contributed by atoms with Crippen molar-refractivity contribution in [1.82, 2.24) is 29.9 Å². The Balaban J connectivity index is 0.000000179. The third-order valence-corrected chi connectivity index (χ3v) is 5.99. The number of aromatic nitrogens is 6. The van der Waals surface area contributed by atoms with Crippen molar-refractivity contribution in [2.45, 2.75) is 13.8 Å². The second-order valence-corrected chi connectivity index (χ2v) is 8.53. The molecule has 0 unspecified atom stereocenters. The van der Waals surface area contributed by atoms with Gasteiger partial charge in [-0.15, -0.1) is 0 Å². The Kier molecular flexibility index (Phi) is 7.04. The average Bonchev–Trinajstić information content (AvgIpc) is 2.98. The van der Waals surface area contributed by atoms with E-state index in [0.717, 1.165) is 39.3 Å². The van der Waals surface area contributed by atoms with Gasteiger partial charge in [-0.25, -0.2) is 14.8 Å². The van der Waals surface area contributed by atoms with E-state index in [1.807, 2.05) is 36.4 Å². The number of nitrogens with zero attached hydrogens (tertiary/aromatic N) is 6. The van der Waals surface area contributed by atoms with Crippen LogP contribution in [0.15, 0.2) is 91.5 Å². The van der Waals surface area contributed by atoms with Gasteiger partial charge in [0, 0.05) is 24.8 Å². The van der Waals surface area contributed by atoms with E-state index in [1.54, 1.807) is 43.0 Å². The Morgan fingerprint density at radius 1 is 0.605 bits per heavy atom. The second-order valence-electron chi connectivity index (χ2n) is 8.53. The highest BCUT2D eigenvalue weighted by Gasteiger charge is 2.15. The molecule has 4 aromatic heterocycles. The summed E-state index contributed by atoms with van der Waals surface area (Å²) < 4.78 is 4.60. The molecule has 0 fully saturated rings. The molecule has 0 aliphatic heterocycles. The molecule has 38 heavy (non-hydrogen) atoms. The summed E-state index contributed by atoms with van der Waals surface area (Å²) in [5, 5.41) is 0. The fourth-order valence-corrected chi connectivity index (χ4v) is 3.88. The number of benzene rings is 2. The molecule has 0 N–H and O–H groups in total. The van der Waals surface area contributed by atoms with Crippen molar-refractivity contribution < 1.29 is 9.53 Å². The summed E-state index contributed by atoms with van der Waals surface area (Å²) in [5.41, 5.74) is 9.20. The van der Waals surface area contributed by atoms with Gasteiger partial charge in [0.15, 0.2) is 0 Å². The lowest BCUT2D eigenvalue weighted by Gasteiger charge is -2.10. The first-order chi connectivity index (χ1) is 18.5. The van der Waals surface area contributed by atoms with Crippen molar-refractivity contribution in [2.24, 2.45) is 0 Å². The Morgan fingerprint density at radius 2 is 1.16 bits per heavy atom. The highest BCUT2D eigenvalue weighted by Crippen LogP contribution is 2.29. The summed E-state index contributed by atoms with van der Waals surface area (Å²) in [7, 11) is 1.35. The number of fused-ring (bicyclic) bond motifs is 2. The van der Waals surface area contributed by atoms with Crippen molar-refractivity contribution in [3.63, 3.8) is 0 Å². The zero-order valence-electron chi connectivity index (χ0n) is 21.2. The molecular formula is C30H24N6O2. The minimum absolute atomic E-state index is 0.363. The fraction of sp³-hybridized carbons (Fsp3) is 0.100. The number of esters is 1. The van der Waals surface area contributed by atoms with E-state index >= 15 is 0 Å². The van der Waals surface area contributed by atoms with Gasteiger partial charge in [-0.3, -0.25) is 19.9 Å². The molecular weight excluding hydrogens is 476 g/mol. The first kappa shape index (κ1) is 24.6. The largest absolute Gasteiger partial charge is 0.465 e. The van der Waals surface area contributed by atoms with Gasteiger partial charge in [0.1, 0.15) is 11.4 Å². The van der Waals surface area contributed by atoms with Gasteiger partial charge in [-0.05, 0) is 79.6 Å². The molecule has 4 heterocycles. The number of carbonyl (C=O) groups is 1. The van der Waals surface area contributed by atoms with Crippen molar-refractivity contribution in [3.05, 3.63) is 108 Å². The van der Waals surface area contributed by atoms with Gasteiger partial charge in [0.25, 0.3) is 0 Å². The molecule has 8 heteroatoms. The lowest BCUT2D eigenvalue weighted by atomic mass is 10.1. The number of pyridine rings is 2. The topological polar surface area (TPSA) is 104 Å². The number of carbonyl (C=O) groups excluding carboxylic acids is 1. The molecule has 0 saturated carbocycles. The van der Waals surface area contributed by atoms with Crippen LogP contribution in [-0.2, 0) is 4.74 Å². The van der Waals surface area contributed by atoms with Crippen molar-refractivity contribution in [3.8, 4) is 22.8 Å². The van der Waals surface area contributed by atoms with Crippen LogP contribution in [0.5, 0.6) is 0 Å². The molecule has 6 rings (SSSR count). The summed E-state index contributed by atoms with van der Waals surface area (Å²) in [5.74, 6) is -0.363. The van der Waals surface area contributed by atoms with E-state index in [0.29, 0.717) is 11.1 Å². The Morgan fingerprint density at radius 3 is 1.66 bits per heavy atom. The molecule has 6 aromatic rings. The van der Waals surface area contributed by atoms with Gasteiger partial charge in [0.05, 0.1) is 46.1 Å². The maximum Gasteiger partial charge on any atom is 0.337 e. The van der Waals surface area contributed by atoms with Crippen LogP contribution in [0.1, 0.15) is 21.5 Å². The monoisotopic (exact) mass is 500 g/mol. The van der Waals surface area contributed by atoms with Crippen molar-refractivity contribution in [1.29, 1.82) is 0 Å². The van der Waals surface area contributed by atoms with Crippen molar-refractivity contribution >= 4 is 28.0 Å². The molecule has 0 radical (unpaired) electrons. The number of ether oxygens (including phenoxy) is 1. The smallest absolute Gasteiger partial charge is 0.337 e. The summed E-state index contributed by atoms with van der Waals surface area (Å²) in [6, 6.07) is 20.8. The molecule has 8 nitrogen and oxygen atoms in total. The van der Waals surface area contributed by atoms with Crippen LogP contribution in [0.25, 0.3) is 44.8 Å². The summed E-state index contributed by atoms with van der Waals surface area (Å²) in [4.78, 5) is 38.0. The van der Waals surface area contributed by atoms with Crippen LogP contribution in [0.2, 0.25) is 0 Å². The normalized spacial score (nSPS) is 10.6. The number of hydrogen-bond acceptors (Lipinski definition) is 8. The highest BCUT2D eigenvalue weighted by atomic mass is 16.5. The highest BCUT2D eigenvalue weighted by molar-refractivity contribution is 5.93. The quantitative estimate of drug-likeness (QED) is 0.281. The van der Waals surface area contributed by atoms with Crippen LogP contribution < -0.4 is 0 Å². The molecule has 0 spiro atoms. The summed E-state index contributed by atoms with van der Waals surface area (Å²) >= 11 is 0. The molecule has 0 atom stereocenters. The third-order valence-electron chi connectivity index (χ3n) is 5.99. The predicted octanol–water partition coefficient (Wildman–Crippen LogP) is 5.79. The zero-order chi connectivity index (χ0) is 26.5. The standard InChI is InChI=1S/C20H16N4.C10H8N2O2/c1-13-11-17-18(12-14(13)2)24-20(16-8-4-6-10-22-16)19(23-17)15-7-3-5-9-21-15;1-14-10(13)7-2-3-8-9(6-7)12-5-4-11-8/h3-12H,1-2H3;2-6H,1H3. The summed E-state index contributed by atoms with van der Waals surface area (Å²) in [6.07, 6.45) is 6.73. The molecule has 0 aliphatic carbocycles. The number of rotatable bonds is 3. The number of aryl methyl sites for hydroxylation is 2. The Labute approximate surface area is 219 Å². The molecule has 186 valence electrons. The molecule has 0 saturated heterocycles. The van der Waals surface area contributed by atoms with E-state index < -0.39 is 0 Å². The zero-order valence-corrected chi connectivity index (χ0v) is 21.2. The molecule has 0 aliphatic rings.